The fourth-order valence-electron chi connectivity index (χ4n) is 2.08. The Morgan fingerprint density at radius 2 is 2.06 bits per heavy atom. The minimum absolute atomic E-state index is 0.750. The van der Waals surface area contributed by atoms with Crippen LogP contribution in [0.4, 0.5) is 5.82 Å². The topological polar surface area (TPSA) is 42.7 Å². The van der Waals surface area contributed by atoms with Gasteiger partial charge in [0.25, 0.3) is 0 Å². The van der Waals surface area contributed by atoms with Gasteiger partial charge in [-0.25, -0.2) is 9.97 Å². The predicted octanol–water partition coefficient (Wildman–Crippen LogP) is 2.24. The molecule has 1 aliphatic rings. The number of rotatable bonds is 1. The molecule has 7 heteroatoms. The van der Waals surface area contributed by atoms with Crippen LogP contribution in [0.15, 0.2) is 10.8 Å². The fraction of sp³-hybridized carbons (Fsp3) is 0.455. The van der Waals surface area contributed by atoms with E-state index in [0.29, 0.717) is 0 Å². The fourth-order valence-corrected chi connectivity index (χ4v) is 2.94. The molecule has 2 aromatic heterocycles. The van der Waals surface area contributed by atoms with E-state index in [2.05, 4.69) is 57.8 Å². The van der Waals surface area contributed by atoms with Gasteiger partial charge >= 0.3 is 0 Å². The first-order valence-electron chi connectivity index (χ1n) is 5.70. The summed E-state index contributed by atoms with van der Waals surface area (Å²) in [6.45, 7) is 5.23. The van der Waals surface area contributed by atoms with Crippen molar-refractivity contribution in [1.29, 1.82) is 0 Å². The molecule has 5 nitrogen and oxygen atoms in total. The third-order valence-electron chi connectivity index (χ3n) is 2.97. The number of aryl methyl sites for hydroxylation is 1. The standard InChI is InChI=1S/C11H12BrIN4O/c1-7-9(12)17-6-8(13)15-10(11(17)14-7)16-2-4-18-5-3-16/h6H,2-5H2,1H3. The lowest BCUT2D eigenvalue weighted by Gasteiger charge is -2.28. The molecule has 0 bridgehead atoms. The van der Waals surface area contributed by atoms with Gasteiger partial charge in [0.05, 0.1) is 18.9 Å². The quantitative estimate of drug-likeness (QED) is 0.661. The Kier molecular flexibility index (Phi) is 3.46. The summed E-state index contributed by atoms with van der Waals surface area (Å²) < 4.78 is 9.39. The van der Waals surface area contributed by atoms with Crippen LogP contribution < -0.4 is 4.90 Å². The summed E-state index contributed by atoms with van der Waals surface area (Å²) in [4.78, 5) is 11.5. The summed E-state index contributed by atoms with van der Waals surface area (Å²) in [7, 11) is 0. The minimum atomic E-state index is 0.750. The van der Waals surface area contributed by atoms with E-state index in [4.69, 9.17) is 4.74 Å². The maximum atomic E-state index is 5.38. The third kappa shape index (κ3) is 2.12. The number of halogens is 2. The Labute approximate surface area is 127 Å². The van der Waals surface area contributed by atoms with E-state index in [9.17, 15) is 0 Å². The highest BCUT2D eigenvalue weighted by Gasteiger charge is 2.19. The molecule has 0 spiro atoms. The second-order valence-corrected chi connectivity index (χ2v) is 6.02. The molecular formula is C11H12BrIN4O. The van der Waals surface area contributed by atoms with E-state index < -0.39 is 0 Å². The van der Waals surface area contributed by atoms with Crippen LogP contribution >= 0.6 is 38.5 Å². The lowest BCUT2D eigenvalue weighted by molar-refractivity contribution is 0.122. The van der Waals surface area contributed by atoms with Crippen LogP contribution in [0.1, 0.15) is 5.69 Å². The molecule has 0 aromatic carbocycles. The van der Waals surface area contributed by atoms with Crippen LogP contribution in [0, 0.1) is 10.6 Å². The molecule has 0 amide bonds. The van der Waals surface area contributed by atoms with E-state index in [-0.39, 0.29) is 0 Å². The number of ether oxygens (including phenoxy) is 1. The molecule has 3 rings (SSSR count). The van der Waals surface area contributed by atoms with Gasteiger partial charge in [0.15, 0.2) is 11.5 Å². The van der Waals surface area contributed by atoms with Gasteiger partial charge < -0.3 is 9.64 Å². The lowest BCUT2D eigenvalue weighted by Crippen LogP contribution is -2.37. The molecule has 0 atom stereocenters. The number of hydrogen-bond acceptors (Lipinski definition) is 4. The summed E-state index contributed by atoms with van der Waals surface area (Å²) in [5.74, 6) is 0.944. The van der Waals surface area contributed by atoms with Crippen molar-refractivity contribution in [2.24, 2.45) is 0 Å². The van der Waals surface area contributed by atoms with Crippen molar-refractivity contribution in [2.75, 3.05) is 31.2 Å². The van der Waals surface area contributed by atoms with Gasteiger partial charge in [-0.05, 0) is 45.4 Å². The normalized spacial score (nSPS) is 16.5. The summed E-state index contributed by atoms with van der Waals surface area (Å²) in [6, 6.07) is 0. The van der Waals surface area contributed by atoms with Crippen LogP contribution in [-0.4, -0.2) is 40.7 Å². The zero-order valence-electron chi connectivity index (χ0n) is 9.86. The SMILES string of the molecule is Cc1nc2c(N3CCOCC3)nc(I)cn2c1Br. The Balaban J connectivity index is 2.17. The molecule has 1 fully saturated rings. The minimum Gasteiger partial charge on any atom is -0.378 e. The smallest absolute Gasteiger partial charge is 0.181 e. The molecule has 0 radical (unpaired) electrons. The average molecular weight is 423 g/mol. The first kappa shape index (κ1) is 12.6. The largest absolute Gasteiger partial charge is 0.378 e. The molecule has 3 heterocycles. The first-order chi connectivity index (χ1) is 8.66. The van der Waals surface area contributed by atoms with Gasteiger partial charge in [-0.3, -0.25) is 4.40 Å². The van der Waals surface area contributed by atoms with Crippen molar-refractivity contribution < 1.29 is 4.74 Å². The average Bonchev–Trinajstić information content (AvgIpc) is 2.66. The molecule has 1 saturated heterocycles. The first-order valence-corrected chi connectivity index (χ1v) is 7.57. The Morgan fingerprint density at radius 1 is 1.33 bits per heavy atom. The van der Waals surface area contributed by atoms with Crippen LogP contribution in [0.3, 0.4) is 0 Å². The second kappa shape index (κ2) is 4.93. The van der Waals surface area contributed by atoms with E-state index in [0.717, 1.165) is 51.8 Å². The second-order valence-electron chi connectivity index (χ2n) is 4.17. The zero-order chi connectivity index (χ0) is 12.7. The Hall–Kier alpha value is -0.410. The van der Waals surface area contributed by atoms with Crippen LogP contribution in [-0.2, 0) is 4.74 Å². The predicted molar refractivity (Wildman–Crippen MR) is 81.2 cm³/mol. The number of anilines is 1. The molecule has 18 heavy (non-hydrogen) atoms. The van der Waals surface area contributed by atoms with E-state index in [1.807, 2.05) is 13.1 Å². The van der Waals surface area contributed by atoms with E-state index >= 15 is 0 Å². The number of imidazole rings is 1. The molecule has 0 unspecified atom stereocenters. The molecule has 1 aliphatic heterocycles. The highest BCUT2D eigenvalue weighted by molar-refractivity contribution is 14.1. The molecule has 0 aliphatic carbocycles. The maximum Gasteiger partial charge on any atom is 0.181 e. The summed E-state index contributed by atoms with van der Waals surface area (Å²) in [5.41, 5.74) is 1.88. The van der Waals surface area contributed by atoms with Gasteiger partial charge in [0.1, 0.15) is 8.30 Å². The maximum absolute atomic E-state index is 5.38. The zero-order valence-corrected chi connectivity index (χ0v) is 13.6. The number of hydrogen-bond donors (Lipinski definition) is 0. The summed E-state index contributed by atoms with van der Waals surface area (Å²) in [5, 5.41) is 0. The molecule has 0 saturated carbocycles. The van der Waals surface area contributed by atoms with Gasteiger partial charge in [-0.15, -0.1) is 0 Å². The monoisotopic (exact) mass is 422 g/mol. The number of aromatic nitrogens is 3. The van der Waals surface area contributed by atoms with Crippen molar-refractivity contribution in [3.63, 3.8) is 0 Å². The van der Waals surface area contributed by atoms with Crippen LogP contribution in [0.2, 0.25) is 0 Å². The number of fused-ring (bicyclic) bond motifs is 1. The van der Waals surface area contributed by atoms with Gasteiger partial charge in [-0.2, -0.15) is 0 Å². The third-order valence-corrected chi connectivity index (χ3v) is 4.45. The van der Waals surface area contributed by atoms with Gasteiger partial charge in [0.2, 0.25) is 0 Å². The highest BCUT2D eigenvalue weighted by Crippen LogP contribution is 2.26. The van der Waals surface area contributed by atoms with E-state index in [1.54, 1.807) is 0 Å². The van der Waals surface area contributed by atoms with Crippen molar-refractivity contribution in [1.82, 2.24) is 14.4 Å². The van der Waals surface area contributed by atoms with E-state index in [1.165, 1.54) is 0 Å². The Bertz CT molecular complexity index is 594. The highest BCUT2D eigenvalue weighted by atomic mass is 127. The lowest BCUT2D eigenvalue weighted by atomic mass is 10.4. The Morgan fingerprint density at radius 3 is 2.78 bits per heavy atom. The van der Waals surface area contributed by atoms with Crippen LogP contribution in [0.25, 0.3) is 5.65 Å². The van der Waals surface area contributed by atoms with Crippen molar-refractivity contribution in [2.45, 2.75) is 6.92 Å². The molecule has 0 N–H and O–H groups in total. The van der Waals surface area contributed by atoms with Gasteiger partial charge in [0, 0.05) is 19.3 Å². The van der Waals surface area contributed by atoms with Crippen molar-refractivity contribution in [3.05, 3.63) is 20.2 Å². The summed E-state index contributed by atoms with van der Waals surface area (Å²) in [6.07, 6.45) is 1.99. The molecule has 2 aromatic rings. The molecular weight excluding hydrogens is 411 g/mol. The van der Waals surface area contributed by atoms with Crippen molar-refractivity contribution in [3.8, 4) is 0 Å². The summed E-state index contributed by atoms with van der Waals surface area (Å²) >= 11 is 5.81. The number of nitrogens with zero attached hydrogens (tertiary/aromatic N) is 4. The van der Waals surface area contributed by atoms with Crippen LogP contribution in [0.5, 0.6) is 0 Å². The number of morpholine rings is 1. The van der Waals surface area contributed by atoms with Gasteiger partial charge in [-0.1, -0.05) is 0 Å². The van der Waals surface area contributed by atoms with Crippen molar-refractivity contribution >= 4 is 50.0 Å². The molecule has 96 valence electrons.